The molecule has 0 atom stereocenters. The van der Waals surface area contributed by atoms with Gasteiger partial charge in [-0.1, -0.05) is 37.6 Å². The number of rotatable bonds is 8. The molecule has 21 heavy (non-hydrogen) atoms. The summed E-state index contributed by atoms with van der Waals surface area (Å²) in [6.45, 7) is 5.41. The second-order valence-corrected chi connectivity index (χ2v) is 6.42. The van der Waals surface area contributed by atoms with Gasteiger partial charge in [-0.3, -0.25) is 0 Å². The van der Waals surface area contributed by atoms with Gasteiger partial charge in [0, 0.05) is 24.7 Å². The quantitative estimate of drug-likeness (QED) is 0.646. The SMILES string of the molecule is CC(C)(CO)CCCNC(=O)NCCc1ccc(Cl)cc1. The summed E-state index contributed by atoms with van der Waals surface area (Å²) in [5, 5.41) is 15.5. The molecular weight excluding hydrogens is 288 g/mol. The Bertz CT molecular complexity index is 432. The molecule has 0 saturated carbocycles. The molecule has 0 aliphatic heterocycles. The van der Waals surface area contributed by atoms with Gasteiger partial charge in [-0.25, -0.2) is 4.79 Å². The molecule has 0 bridgehead atoms. The number of hydrogen-bond acceptors (Lipinski definition) is 2. The molecule has 5 heteroatoms. The predicted octanol–water partition coefficient (Wildman–Crippen LogP) is 2.98. The van der Waals surface area contributed by atoms with Gasteiger partial charge in [0.2, 0.25) is 0 Å². The highest BCUT2D eigenvalue weighted by Crippen LogP contribution is 2.20. The zero-order valence-electron chi connectivity index (χ0n) is 12.8. The Kier molecular flexibility index (Phi) is 7.54. The van der Waals surface area contributed by atoms with Crippen molar-refractivity contribution < 1.29 is 9.90 Å². The Balaban J connectivity index is 2.10. The van der Waals surface area contributed by atoms with Crippen LogP contribution in [0, 0.1) is 5.41 Å². The second-order valence-electron chi connectivity index (χ2n) is 5.99. The van der Waals surface area contributed by atoms with Crippen LogP contribution in [-0.4, -0.2) is 30.8 Å². The molecular formula is C16H25ClN2O2. The van der Waals surface area contributed by atoms with Crippen molar-refractivity contribution in [3.8, 4) is 0 Å². The topological polar surface area (TPSA) is 61.4 Å². The Hall–Kier alpha value is -1.26. The van der Waals surface area contributed by atoms with E-state index in [1.165, 1.54) is 0 Å². The molecule has 0 radical (unpaired) electrons. The van der Waals surface area contributed by atoms with Crippen molar-refractivity contribution >= 4 is 17.6 Å². The normalized spacial score (nSPS) is 11.2. The molecule has 1 rings (SSSR count). The number of carbonyl (C=O) groups excluding carboxylic acids is 1. The number of urea groups is 1. The third-order valence-corrected chi connectivity index (χ3v) is 3.61. The van der Waals surface area contributed by atoms with Gasteiger partial charge in [-0.15, -0.1) is 0 Å². The third kappa shape index (κ3) is 7.93. The predicted molar refractivity (Wildman–Crippen MR) is 86.7 cm³/mol. The van der Waals surface area contributed by atoms with Crippen molar-refractivity contribution in [3.63, 3.8) is 0 Å². The summed E-state index contributed by atoms with van der Waals surface area (Å²) in [5.41, 5.74) is 1.07. The Morgan fingerprint density at radius 3 is 2.43 bits per heavy atom. The third-order valence-electron chi connectivity index (χ3n) is 3.36. The van der Waals surface area contributed by atoms with Gasteiger partial charge in [-0.2, -0.15) is 0 Å². The van der Waals surface area contributed by atoms with Crippen molar-refractivity contribution in [2.24, 2.45) is 5.41 Å². The van der Waals surface area contributed by atoms with Crippen LogP contribution >= 0.6 is 11.6 Å². The molecule has 0 fully saturated rings. The molecule has 3 N–H and O–H groups in total. The average Bonchev–Trinajstić information content (AvgIpc) is 2.46. The van der Waals surface area contributed by atoms with Gasteiger partial charge in [-0.05, 0) is 42.4 Å². The number of nitrogens with one attached hydrogen (secondary N) is 2. The average molecular weight is 313 g/mol. The first-order chi connectivity index (χ1) is 9.93. The van der Waals surface area contributed by atoms with Gasteiger partial charge < -0.3 is 15.7 Å². The molecule has 4 nitrogen and oxygen atoms in total. The van der Waals surface area contributed by atoms with Crippen molar-refractivity contribution in [1.82, 2.24) is 10.6 Å². The molecule has 0 aliphatic rings. The Morgan fingerprint density at radius 2 is 1.81 bits per heavy atom. The van der Waals surface area contributed by atoms with Crippen LogP contribution in [0.2, 0.25) is 5.02 Å². The van der Waals surface area contributed by atoms with Crippen molar-refractivity contribution in [2.75, 3.05) is 19.7 Å². The maximum atomic E-state index is 11.6. The fourth-order valence-electron chi connectivity index (χ4n) is 1.88. The van der Waals surface area contributed by atoms with Crippen LogP contribution < -0.4 is 10.6 Å². The zero-order chi connectivity index (χ0) is 15.7. The van der Waals surface area contributed by atoms with E-state index in [0.29, 0.717) is 13.1 Å². The van der Waals surface area contributed by atoms with E-state index in [0.717, 1.165) is 29.8 Å². The van der Waals surface area contributed by atoms with Crippen LogP contribution in [0.5, 0.6) is 0 Å². The minimum Gasteiger partial charge on any atom is -0.396 e. The highest BCUT2D eigenvalue weighted by Gasteiger charge is 2.15. The highest BCUT2D eigenvalue weighted by molar-refractivity contribution is 6.30. The van der Waals surface area contributed by atoms with Gasteiger partial charge in [0.05, 0.1) is 0 Å². The molecule has 0 unspecified atom stereocenters. The molecule has 0 saturated heterocycles. The van der Waals surface area contributed by atoms with Crippen molar-refractivity contribution in [3.05, 3.63) is 34.9 Å². The van der Waals surface area contributed by atoms with E-state index in [1.54, 1.807) is 0 Å². The van der Waals surface area contributed by atoms with Crippen molar-refractivity contribution in [2.45, 2.75) is 33.1 Å². The summed E-state index contributed by atoms with van der Waals surface area (Å²) < 4.78 is 0. The monoisotopic (exact) mass is 312 g/mol. The molecule has 0 spiro atoms. The smallest absolute Gasteiger partial charge is 0.314 e. The minimum atomic E-state index is -0.147. The van der Waals surface area contributed by atoms with Crippen LogP contribution in [0.15, 0.2) is 24.3 Å². The van der Waals surface area contributed by atoms with Gasteiger partial charge in [0.15, 0.2) is 0 Å². The molecule has 118 valence electrons. The summed E-state index contributed by atoms with van der Waals surface area (Å²) in [6, 6.07) is 7.46. The number of aliphatic hydroxyl groups is 1. The van der Waals surface area contributed by atoms with E-state index in [2.05, 4.69) is 10.6 Å². The number of aliphatic hydroxyl groups excluding tert-OH is 1. The molecule has 0 aromatic heterocycles. The minimum absolute atomic E-state index is 0.0766. The van der Waals surface area contributed by atoms with E-state index in [-0.39, 0.29) is 18.1 Å². The lowest BCUT2D eigenvalue weighted by Crippen LogP contribution is -2.37. The summed E-state index contributed by atoms with van der Waals surface area (Å²) in [4.78, 5) is 11.6. The van der Waals surface area contributed by atoms with Crippen LogP contribution in [0.1, 0.15) is 32.3 Å². The first-order valence-corrected chi connectivity index (χ1v) is 7.68. The summed E-state index contributed by atoms with van der Waals surface area (Å²) in [6.07, 6.45) is 2.52. The van der Waals surface area contributed by atoms with Gasteiger partial charge in [0.25, 0.3) is 0 Å². The number of hydrogen-bond donors (Lipinski definition) is 3. The van der Waals surface area contributed by atoms with Crippen molar-refractivity contribution in [1.29, 1.82) is 0 Å². The van der Waals surface area contributed by atoms with E-state index >= 15 is 0 Å². The standard InChI is InChI=1S/C16H25ClN2O2/c1-16(2,12-20)9-3-10-18-15(21)19-11-8-13-4-6-14(17)7-5-13/h4-7,20H,3,8-12H2,1-2H3,(H2,18,19,21). The molecule has 0 heterocycles. The van der Waals surface area contributed by atoms with Gasteiger partial charge >= 0.3 is 6.03 Å². The lowest BCUT2D eigenvalue weighted by molar-refractivity contribution is 0.148. The van der Waals surface area contributed by atoms with Gasteiger partial charge in [0.1, 0.15) is 0 Å². The highest BCUT2D eigenvalue weighted by atomic mass is 35.5. The van der Waals surface area contributed by atoms with Crippen LogP contribution in [-0.2, 0) is 6.42 Å². The van der Waals surface area contributed by atoms with E-state index in [4.69, 9.17) is 16.7 Å². The maximum Gasteiger partial charge on any atom is 0.314 e. The Labute approximate surface area is 131 Å². The van der Waals surface area contributed by atoms with Crippen LogP contribution in [0.25, 0.3) is 0 Å². The van der Waals surface area contributed by atoms with E-state index < -0.39 is 0 Å². The lowest BCUT2D eigenvalue weighted by Gasteiger charge is -2.21. The Morgan fingerprint density at radius 1 is 1.19 bits per heavy atom. The first kappa shape index (κ1) is 17.8. The summed E-state index contributed by atoms with van der Waals surface area (Å²) in [7, 11) is 0. The molecule has 1 aromatic carbocycles. The zero-order valence-corrected chi connectivity index (χ0v) is 13.5. The van der Waals surface area contributed by atoms with E-state index in [1.807, 2.05) is 38.1 Å². The fraction of sp³-hybridized carbons (Fsp3) is 0.562. The number of benzene rings is 1. The maximum absolute atomic E-state index is 11.6. The molecule has 0 aliphatic carbocycles. The number of halogens is 1. The van der Waals surface area contributed by atoms with Crippen LogP contribution in [0.3, 0.4) is 0 Å². The number of carbonyl (C=O) groups is 1. The fourth-order valence-corrected chi connectivity index (χ4v) is 2.01. The van der Waals surface area contributed by atoms with Crippen LogP contribution in [0.4, 0.5) is 4.79 Å². The number of amides is 2. The molecule has 1 aromatic rings. The summed E-state index contributed by atoms with van der Waals surface area (Å²) >= 11 is 5.81. The lowest BCUT2D eigenvalue weighted by atomic mass is 9.89. The summed E-state index contributed by atoms with van der Waals surface area (Å²) in [5.74, 6) is 0. The van der Waals surface area contributed by atoms with E-state index in [9.17, 15) is 4.79 Å². The first-order valence-electron chi connectivity index (χ1n) is 7.30. The molecule has 2 amide bonds. The second kappa shape index (κ2) is 8.90. The largest absolute Gasteiger partial charge is 0.396 e.